The highest BCUT2D eigenvalue weighted by atomic mass is 19.1. The number of nitrogens with one attached hydrogen (secondary N) is 1. The molecule has 1 atom stereocenters. The Bertz CT molecular complexity index is 442. The second-order valence-corrected chi connectivity index (χ2v) is 4.52. The fraction of sp³-hybridized carbons (Fsp3) is 0.467. The molecule has 3 heteroatoms. The van der Waals surface area contributed by atoms with Gasteiger partial charge in [0.1, 0.15) is 11.6 Å². The molecule has 0 heterocycles. The number of rotatable bonds is 5. The minimum absolute atomic E-state index is 0.0614. The first-order valence-corrected chi connectivity index (χ1v) is 6.52. The van der Waals surface area contributed by atoms with Gasteiger partial charge in [0.25, 0.3) is 0 Å². The third kappa shape index (κ3) is 2.56. The average Bonchev–Trinajstić information content (AvgIpc) is 2.90. The van der Waals surface area contributed by atoms with Crippen molar-refractivity contribution in [1.29, 1.82) is 0 Å². The van der Waals surface area contributed by atoms with E-state index < -0.39 is 0 Å². The fourth-order valence-corrected chi connectivity index (χ4v) is 2.56. The van der Waals surface area contributed by atoms with Crippen LogP contribution in [0.1, 0.15) is 37.8 Å². The summed E-state index contributed by atoms with van der Waals surface area (Å²) < 4.78 is 19.4. The molecule has 1 aliphatic rings. The monoisotopic (exact) mass is 249 g/mol. The first kappa shape index (κ1) is 13.1. The van der Waals surface area contributed by atoms with Crippen molar-refractivity contribution in [1.82, 2.24) is 5.32 Å². The summed E-state index contributed by atoms with van der Waals surface area (Å²) in [5, 5.41) is 3.37. The van der Waals surface area contributed by atoms with Crippen LogP contribution in [0.4, 0.5) is 4.39 Å². The van der Waals surface area contributed by atoms with Crippen LogP contribution in [0.2, 0.25) is 0 Å². The van der Waals surface area contributed by atoms with E-state index in [4.69, 9.17) is 4.74 Å². The summed E-state index contributed by atoms with van der Waals surface area (Å²) >= 11 is 0. The Kier molecular flexibility index (Phi) is 4.37. The highest BCUT2D eigenvalue weighted by molar-refractivity contribution is 5.42. The van der Waals surface area contributed by atoms with E-state index in [0.29, 0.717) is 11.3 Å². The van der Waals surface area contributed by atoms with Gasteiger partial charge in [0.2, 0.25) is 0 Å². The molecule has 1 aromatic carbocycles. The Morgan fingerprint density at radius 1 is 1.44 bits per heavy atom. The molecule has 0 saturated carbocycles. The maximum Gasteiger partial charge on any atom is 0.132 e. The molecule has 0 saturated heterocycles. The zero-order valence-electron chi connectivity index (χ0n) is 11.0. The summed E-state index contributed by atoms with van der Waals surface area (Å²) in [6.45, 7) is 2.84. The minimum Gasteiger partial charge on any atom is -0.496 e. The van der Waals surface area contributed by atoms with Crippen LogP contribution in [-0.2, 0) is 0 Å². The molecule has 2 nitrogen and oxygen atoms in total. The third-order valence-corrected chi connectivity index (χ3v) is 3.38. The predicted molar refractivity (Wildman–Crippen MR) is 71.3 cm³/mol. The second-order valence-electron chi connectivity index (χ2n) is 4.52. The number of methoxy groups -OCH3 is 1. The standard InChI is InChI=1S/C15H20FNO/c1-3-17-15(11-7-4-5-8-11)14-12(16)9-6-10-13(14)18-2/h6-7,9-10,15,17H,3-5,8H2,1-2H3. The normalized spacial score (nSPS) is 16.5. The van der Waals surface area contributed by atoms with Gasteiger partial charge in [-0.25, -0.2) is 4.39 Å². The van der Waals surface area contributed by atoms with Gasteiger partial charge in [-0.15, -0.1) is 0 Å². The Labute approximate surface area is 108 Å². The maximum atomic E-state index is 14.1. The highest BCUT2D eigenvalue weighted by Gasteiger charge is 2.24. The van der Waals surface area contributed by atoms with Gasteiger partial charge < -0.3 is 10.1 Å². The number of allylic oxidation sites excluding steroid dienone is 1. The van der Waals surface area contributed by atoms with Crippen LogP contribution in [0.3, 0.4) is 0 Å². The van der Waals surface area contributed by atoms with Crippen LogP contribution in [-0.4, -0.2) is 13.7 Å². The molecular weight excluding hydrogens is 229 g/mol. The summed E-state index contributed by atoms with van der Waals surface area (Å²) in [5.41, 5.74) is 1.91. The van der Waals surface area contributed by atoms with E-state index >= 15 is 0 Å². The molecule has 0 radical (unpaired) electrons. The van der Waals surface area contributed by atoms with Gasteiger partial charge in [0, 0.05) is 0 Å². The van der Waals surface area contributed by atoms with E-state index in [2.05, 4.69) is 11.4 Å². The van der Waals surface area contributed by atoms with Crippen molar-refractivity contribution < 1.29 is 9.13 Å². The van der Waals surface area contributed by atoms with Crippen molar-refractivity contribution in [3.05, 3.63) is 41.2 Å². The van der Waals surface area contributed by atoms with Crippen LogP contribution < -0.4 is 10.1 Å². The lowest BCUT2D eigenvalue weighted by Crippen LogP contribution is -2.24. The van der Waals surface area contributed by atoms with Gasteiger partial charge in [-0.05, 0) is 37.9 Å². The molecule has 1 unspecified atom stereocenters. The number of likely N-dealkylation sites (N-methyl/N-ethyl adjacent to an activating group) is 1. The Hall–Kier alpha value is -1.35. The van der Waals surface area contributed by atoms with Crippen LogP contribution >= 0.6 is 0 Å². The van der Waals surface area contributed by atoms with Crippen LogP contribution in [0.15, 0.2) is 29.8 Å². The summed E-state index contributed by atoms with van der Waals surface area (Å²) in [5.74, 6) is 0.418. The number of halogens is 1. The quantitative estimate of drug-likeness (QED) is 0.805. The van der Waals surface area contributed by atoms with Crippen molar-refractivity contribution in [3.8, 4) is 5.75 Å². The summed E-state index contributed by atoms with van der Waals surface area (Å²) in [4.78, 5) is 0. The Balaban J connectivity index is 2.41. The molecule has 1 aromatic rings. The molecule has 98 valence electrons. The molecule has 0 spiro atoms. The number of benzene rings is 1. The second kappa shape index (κ2) is 6.01. The highest BCUT2D eigenvalue weighted by Crippen LogP contribution is 2.36. The first-order valence-electron chi connectivity index (χ1n) is 6.52. The molecule has 2 rings (SSSR count). The molecule has 1 N–H and O–H groups in total. The van der Waals surface area contributed by atoms with Crippen molar-refractivity contribution in [2.45, 2.75) is 32.2 Å². The minimum atomic E-state index is -0.201. The van der Waals surface area contributed by atoms with Crippen LogP contribution in [0.5, 0.6) is 5.75 Å². The van der Waals surface area contributed by atoms with Crippen molar-refractivity contribution in [2.75, 3.05) is 13.7 Å². The Morgan fingerprint density at radius 3 is 2.89 bits per heavy atom. The lowest BCUT2D eigenvalue weighted by atomic mass is 9.96. The smallest absolute Gasteiger partial charge is 0.132 e. The SMILES string of the molecule is CCNC(C1=CCCC1)c1c(F)cccc1OC. The zero-order chi connectivity index (χ0) is 13.0. The van der Waals surface area contributed by atoms with Gasteiger partial charge in [0.15, 0.2) is 0 Å². The van der Waals surface area contributed by atoms with Gasteiger partial charge in [-0.1, -0.05) is 24.6 Å². The first-order chi connectivity index (χ1) is 8.77. The van der Waals surface area contributed by atoms with Crippen molar-refractivity contribution in [3.63, 3.8) is 0 Å². The molecule has 0 fully saturated rings. The van der Waals surface area contributed by atoms with E-state index in [1.807, 2.05) is 13.0 Å². The fourth-order valence-electron chi connectivity index (χ4n) is 2.56. The summed E-state index contributed by atoms with van der Waals surface area (Å²) in [7, 11) is 1.59. The average molecular weight is 249 g/mol. The third-order valence-electron chi connectivity index (χ3n) is 3.38. The van der Waals surface area contributed by atoms with E-state index in [1.54, 1.807) is 13.2 Å². The lowest BCUT2D eigenvalue weighted by Gasteiger charge is -2.22. The van der Waals surface area contributed by atoms with Gasteiger partial charge in [0.05, 0.1) is 18.7 Å². The van der Waals surface area contributed by atoms with Crippen molar-refractivity contribution in [2.24, 2.45) is 0 Å². The zero-order valence-corrected chi connectivity index (χ0v) is 11.0. The molecule has 0 aliphatic heterocycles. The molecular formula is C15H20FNO. The number of hydrogen-bond acceptors (Lipinski definition) is 2. The topological polar surface area (TPSA) is 21.3 Å². The van der Waals surface area contributed by atoms with Crippen LogP contribution in [0.25, 0.3) is 0 Å². The number of hydrogen-bond donors (Lipinski definition) is 1. The van der Waals surface area contributed by atoms with E-state index in [9.17, 15) is 4.39 Å². The molecule has 0 amide bonds. The molecule has 18 heavy (non-hydrogen) atoms. The van der Waals surface area contributed by atoms with Gasteiger partial charge >= 0.3 is 0 Å². The number of ether oxygens (including phenoxy) is 1. The maximum absolute atomic E-state index is 14.1. The summed E-state index contributed by atoms with van der Waals surface area (Å²) in [6, 6.07) is 4.94. The molecule has 0 aromatic heterocycles. The van der Waals surface area contributed by atoms with Crippen LogP contribution in [0, 0.1) is 5.82 Å². The molecule has 1 aliphatic carbocycles. The van der Waals surface area contributed by atoms with E-state index in [-0.39, 0.29) is 11.9 Å². The predicted octanol–water partition coefficient (Wildman–Crippen LogP) is 3.60. The van der Waals surface area contributed by atoms with Gasteiger partial charge in [-0.3, -0.25) is 0 Å². The van der Waals surface area contributed by atoms with E-state index in [0.717, 1.165) is 25.8 Å². The molecule has 0 bridgehead atoms. The lowest BCUT2D eigenvalue weighted by molar-refractivity contribution is 0.396. The largest absolute Gasteiger partial charge is 0.496 e. The van der Waals surface area contributed by atoms with Gasteiger partial charge in [-0.2, -0.15) is 0 Å². The van der Waals surface area contributed by atoms with Crippen molar-refractivity contribution >= 4 is 0 Å². The van der Waals surface area contributed by atoms with E-state index in [1.165, 1.54) is 11.6 Å². The summed E-state index contributed by atoms with van der Waals surface area (Å²) in [6.07, 6.45) is 5.51. The Morgan fingerprint density at radius 2 is 2.28 bits per heavy atom.